The van der Waals surface area contributed by atoms with Gasteiger partial charge in [0, 0.05) is 5.56 Å². The van der Waals surface area contributed by atoms with Crippen LogP contribution < -0.4 is 0 Å². The first-order valence-electron chi connectivity index (χ1n) is 9.22. The molecule has 3 rings (SSSR count). The molecule has 1 aliphatic carbocycles. The van der Waals surface area contributed by atoms with Crippen LogP contribution in [0.3, 0.4) is 0 Å². The minimum atomic E-state index is -0.0958. The van der Waals surface area contributed by atoms with Crippen LogP contribution in [-0.2, 0) is 6.42 Å². The molecule has 0 atom stereocenters. The molecule has 0 saturated heterocycles. The van der Waals surface area contributed by atoms with E-state index in [1.807, 2.05) is 18.2 Å². The fourth-order valence-corrected chi connectivity index (χ4v) is 3.85. The van der Waals surface area contributed by atoms with Crippen LogP contribution in [0, 0.1) is 11.7 Å². The molecular weight excluding hydrogens is 295 g/mol. The van der Waals surface area contributed by atoms with Gasteiger partial charge in [-0.05, 0) is 66.7 Å². The van der Waals surface area contributed by atoms with Crippen molar-refractivity contribution in [3.05, 3.63) is 72.1 Å². The molecule has 2 aromatic rings. The van der Waals surface area contributed by atoms with E-state index in [4.69, 9.17) is 0 Å². The highest BCUT2D eigenvalue weighted by molar-refractivity contribution is 5.65. The summed E-state index contributed by atoms with van der Waals surface area (Å²) in [4.78, 5) is 0. The van der Waals surface area contributed by atoms with Gasteiger partial charge >= 0.3 is 0 Å². The highest BCUT2D eigenvalue weighted by Gasteiger charge is 2.21. The van der Waals surface area contributed by atoms with Crippen molar-refractivity contribution in [1.29, 1.82) is 0 Å². The fourth-order valence-electron chi connectivity index (χ4n) is 3.85. The second-order valence-corrected chi connectivity index (χ2v) is 7.03. The van der Waals surface area contributed by atoms with Gasteiger partial charge < -0.3 is 0 Å². The molecule has 0 nitrogen and oxygen atoms in total. The normalized spacial score (nSPS) is 20.8. The van der Waals surface area contributed by atoms with Crippen molar-refractivity contribution < 1.29 is 4.39 Å². The predicted molar refractivity (Wildman–Crippen MR) is 101 cm³/mol. The van der Waals surface area contributed by atoms with E-state index in [1.54, 1.807) is 6.07 Å². The van der Waals surface area contributed by atoms with Gasteiger partial charge in [0.05, 0.1) is 0 Å². The average Bonchev–Trinajstić information content (AvgIpc) is 2.63. The molecule has 0 aliphatic heterocycles. The van der Waals surface area contributed by atoms with Crippen molar-refractivity contribution in [1.82, 2.24) is 0 Å². The van der Waals surface area contributed by atoms with Gasteiger partial charge in [-0.3, -0.25) is 0 Å². The minimum Gasteiger partial charge on any atom is -0.206 e. The van der Waals surface area contributed by atoms with E-state index in [2.05, 4.69) is 37.8 Å². The molecule has 126 valence electrons. The van der Waals surface area contributed by atoms with E-state index in [0.29, 0.717) is 17.4 Å². The molecule has 0 heterocycles. The third-order valence-corrected chi connectivity index (χ3v) is 5.37. The predicted octanol–water partition coefficient (Wildman–Crippen LogP) is 6.91. The SMILES string of the molecule is C=CC1CCC(c2ccc(-c3ccc(CCC)cc3)c(F)c2)CC1. The lowest BCUT2D eigenvalue weighted by Gasteiger charge is -2.27. The van der Waals surface area contributed by atoms with Crippen LogP contribution >= 0.6 is 0 Å². The molecule has 0 N–H and O–H groups in total. The molecule has 0 spiro atoms. The smallest absolute Gasteiger partial charge is 0.131 e. The van der Waals surface area contributed by atoms with Crippen LogP contribution in [-0.4, -0.2) is 0 Å². The van der Waals surface area contributed by atoms with Crippen LogP contribution in [0.15, 0.2) is 55.1 Å². The zero-order valence-electron chi connectivity index (χ0n) is 14.6. The lowest BCUT2D eigenvalue weighted by Crippen LogP contribution is -2.11. The van der Waals surface area contributed by atoms with Crippen molar-refractivity contribution in [2.75, 3.05) is 0 Å². The van der Waals surface area contributed by atoms with Crippen LogP contribution in [0.25, 0.3) is 11.1 Å². The quantitative estimate of drug-likeness (QED) is 0.525. The topological polar surface area (TPSA) is 0 Å². The second kappa shape index (κ2) is 7.79. The van der Waals surface area contributed by atoms with E-state index in [9.17, 15) is 4.39 Å². The van der Waals surface area contributed by atoms with Gasteiger partial charge in [0.15, 0.2) is 0 Å². The summed E-state index contributed by atoms with van der Waals surface area (Å²) < 4.78 is 14.7. The van der Waals surface area contributed by atoms with Gasteiger partial charge in [-0.25, -0.2) is 4.39 Å². The summed E-state index contributed by atoms with van der Waals surface area (Å²) in [5.74, 6) is 1.05. The van der Waals surface area contributed by atoms with E-state index in [1.165, 1.54) is 18.4 Å². The molecule has 0 aromatic heterocycles. The Bertz CT molecular complexity index is 676. The van der Waals surface area contributed by atoms with Crippen molar-refractivity contribution in [3.63, 3.8) is 0 Å². The molecule has 0 radical (unpaired) electrons. The summed E-state index contributed by atoms with van der Waals surface area (Å²) >= 11 is 0. The van der Waals surface area contributed by atoms with Crippen LogP contribution in [0.5, 0.6) is 0 Å². The molecule has 0 unspecified atom stereocenters. The Morgan fingerprint density at radius 3 is 2.33 bits per heavy atom. The molecule has 1 aliphatic rings. The van der Waals surface area contributed by atoms with Crippen LogP contribution in [0.2, 0.25) is 0 Å². The number of hydrogen-bond donors (Lipinski definition) is 0. The maximum Gasteiger partial charge on any atom is 0.131 e. The Hall–Kier alpha value is -1.89. The summed E-state index contributed by atoms with van der Waals surface area (Å²) in [6, 6.07) is 14.1. The van der Waals surface area contributed by atoms with Gasteiger partial charge in [0.2, 0.25) is 0 Å². The van der Waals surface area contributed by atoms with Gasteiger partial charge in [0.1, 0.15) is 5.82 Å². The zero-order chi connectivity index (χ0) is 16.9. The zero-order valence-corrected chi connectivity index (χ0v) is 14.6. The van der Waals surface area contributed by atoms with Gasteiger partial charge in [-0.2, -0.15) is 0 Å². The van der Waals surface area contributed by atoms with E-state index >= 15 is 0 Å². The van der Waals surface area contributed by atoms with Gasteiger partial charge in [0.25, 0.3) is 0 Å². The average molecular weight is 322 g/mol. The monoisotopic (exact) mass is 322 g/mol. The lowest BCUT2D eigenvalue weighted by atomic mass is 9.78. The maximum atomic E-state index is 14.7. The number of rotatable bonds is 5. The first-order chi connectivity index (χ1) is 11.7. The molecule has 0 bridgehead atoms. The largest absolute Gasteiger partial charge is 0.206 e. The van der Waals surface area contributed by atoms with Crippen molar-refractivity contribution >= 4 is 0 Å². The Balaban J connectivity index is 1.76. The summed E-state index contributed by atoms with van der Waals surface area (Å²) in [7, 11) is 0. The lowest BCUT2D eigenvalue weighted by molar-refractivity contribution is 0.375. The Labute approximate surface area is 145 Å². The molecule has 1 heteroatoms. The molecule has 1 fully saturated rings. The van der Waals surface area contributed by atoms with Gasteiger partial charge in [-0.15, -0.1) is 6.58 Å². The number of aryl methyl sites for hydroxylation is 1. The summed E-state index contributed by atoms with van der Waals surface area (Å²) in [5.41, 5.74) is 4.15. The number of benzene rings is 2. The highest BCUT2D eigenvalue weighted by Crippen LogP contribution is 2.37. The first kappa shape index (κ1) is 17.0. The van der Waals surface area contributed by atoms with Crippen LogP contribution in [0.4, 0.5) is 4.39 Å². The number of halogens is 1. The van der Waals surface area contributed by atoms with E-state index in [-0.39, 0.29) is 5.82 Å². The third kappa shape index (κ3) is 3.77. The van der Waals surface area contributed by atoms with Crippen molar-refractivity contribution in [3.8, 4) is 11.1 Å². The minimum absolute atomic E-state index is 0.0958. The summed E-state index contributed by atoms with van der Waals surface area (Å²) in [5, 5.41) is 0. The Morgan fingerprint density at radius 2 is 1.75 bits per heavy atom. The highest BCUT2D eigenvalue weighted by atomic mass is 19.1. The van der Waals surface area contributed by atoms with Crippen molar-refractivity contribution in [2.24, 2.45) is 5.92 Å². The second-order valence-electron chi connectivity index (χ2n) is 7.03. The van der Waals surface area contributed by atoms with Crippen LogP contribution in [0.1, 0.15) is 56.1 Å². The summed E-state index contributed by atoms with van der Waals surface area (Å²) in [6.45, 7) is 6.07. The molecular formula is C23H27F. The van der Waals surface area contributed by atoms with E-state index < -0.39 is 0 Å². The Kier molecular flexibility index (Phi) is 5.50. The maximum absolute atomic E-state index is 14.7. The fraction of sp³-hybridized carbons (Fsp3) is 0.391. The summed E-state index contributed by atoms with van der Waals surface area (Å²) in [6.07, 6.45) is 8.92. The molecule has 0 amide bonds. The van der Waals surface area contributed by atoms with Crippen molar-refractivity contribution in [2.45, 2.75) is 51.4 Å². The molecule has 2 aromatic carbocycles. The molecule has 1 saturated carbocycles. The van der Waals surface area contributed by atoms with Gasteiger partial charge in [-0.1, -0.05) is 55.8 Å². The molecule has 24 heavy (non-hydrogen) atoms. The Morgan fingerprint density at radius 1 is 1.04 bits per heavy atom. The van der Waals surface area contributed by atoms with E-state index in [0.717, 1.165) is 36.8 Å². The third-order valence-electron chi connectivity index (χ3n) is 5.37. The number of hydrogen-bond acceptors (Lipinski definition) is 0. The number of allylic oxidation sites excluding steroid dienone is 1. The first-order valence-corrected chi connectivity index (χ1v) is 9.22. The standard InChI is InChI=1S/C23H27F/c1-3-5-18-8-12-20(13-9-18)22-15-14-21(16-23(22)24)19-10-6-17(4-2)7-11-19/h4,8-9,12-17,19H,2-3,5-7,10-11H2,1H3.